The van der Waals surface area contributed by atoms with Gasteiger partial charge in [-0.2, -0.15) is 0 Å². The summed E-state index contributed by atoms with van der Waals surface area (Å²) in [5.41, 5.74) is 2.20. The van der Waals surface area contributed by atoms with Crippen molar-refractivity contribution in [1.82, 2.24) is 4.90 Å². The molecule has 0 N–H and O–H groups in total. The SMILES string of the molecule is CSc1ccc(C)c(C(=O)N2CCN(c3ccc(Cl)cc3[N+](=O)[O-])CC2)c1. The van der Waals surface area contributed by atoms with E-state index in [1.165, 1.54) is 6.07 Å². The van der Waals surface area contributed by atoms with Crippen molar-refractivity contribution < 1.29 is 9.72 Å². The van der Waals surface area contributed by atoms with Crippen molar-refractivity contribution in [2.24, 2.45) is 0 Å². The van der Waals surface area contributed by atoms with Gasteiger partial charge in [0.2, 0.25) is 0 Å². The van der Waals surface area contributed by atoms with Gasteiger partial charge in [0, 0.05) is 47.7 Å². The molecular weight excluding hydrogens is 386 g/mol. The average molecular weight is 406 g/mol. The molecule has 0 aliphatic carbocycles. The number of nitro benzene ring substituents is 1. The van der Waals surface area contributed by atoms with Gasteiger partial charge in [-0.05, 0) is 43.0 Å². The Hall–Kier alpha value is -2.25. The highest BCUT2D eigenvalue weighted by atomic mass is 35.5. The van der Waals surface area contributed by atoms with Crippen molar-refractivity contribution in [3.8, 4) is 0 Å². The number of benzene rings is 2. The quantitative estimate of drug-likeness (QED) is 0.432. The van der Waals surface area contributed by atoms with Crippen LogP contribution in [0.15, 0.2) is 41.3 Å². The number of hydrogen-bond acceptors (Lipinski definition) is 5. The lowest BCUT2D eigenvalue weighted by Gasteiger charge is -2.36. The predicted octanol–water partition coefficient (Wildman–Crippen LogP) is 4.24. The number of piperazine rings is 1. The monoisotopic (exact) mass is 405 g/mol. The predicted molar refractivity (Wildman–Crippen MR) is 109 cm³/mol. The first-order valence-electron chi connectivity index (χ1n) is 8.53. The molecule has 0 unspecified atom stereocenters. The lowest BCUT2D eigenvalue weighted by molar-refractivity contribution is -0.384. The third kappa shape index (κ3) is 4.20. The maximum atomic E-state index is 12.9. The molecular formula is C19H20ClN3O3S. The Morgan fingerprint density at radius 1 is 1.15 bits per heavy atom. The Balaban J connectivity index is 1.74. The van der Waals surface area contributed by atoms with Crippen molar-refractivity contribution >= 4 is 40.6 Å². The highest BCUT2D eigenvalue weighted by molar-refractivity contribution is 7.98. The number of nitro groups is 1. The Morgan fingerprint density at radius 2 is 1.85 bits per heavy atom. The number of halogens is 1. The second kappa shape index (κ2) is 8.19. The molecule has 2 aromatic carbocycles. The van der Waals surface area contributed by atoms with E-state index in [1.54, 1.807) is 23.9 Å². The molecule has 2 aromatic rings. The van der Waals surface area contributed by atoms with Gasteiger partial charge in [0.1, 0.15) is 5.69 Å². The number of hydrogen-bond donors (Lipinski definition) is 0. The van der Waals surface area contributed by atoms with Crippen LogP contribution in [-0.2, 0) is 0 Å². The number of carbonyl (C=O) groups excluding carboxylic acids is 1. The van der Waals surface area contributed by atoms with Gasteiger partial charge in [-0.1, -0.05) is 17.7 Å². The van der Waals surface area contributed by atoms with Gasteiger partial charge in [0.25, 0.3) is 11.6 Å². The summed E-state index contributed by atoms with van der Waals surface area (Å²) in [5.74, 6) is 0.00801. The molecule has 1 fully saturated rings. The maximum absolute atomic E-state index is 12.9. The van der Waals surface area contributed by atoms with E-state index in [9.17, 15) is 14.9 Å². The number of amides is 1. The number of anilines is 1. The normalized spacial score (nSPS) is 14.3. The van der Waals surface area contributed by atoms with Gasteiger partial charge >= 0.3 is 0 Å². The van der Waals surface area contributed by atoms with Crippen LogP contribution in [0, 0.1) is 17.0 Å². The third-order valence-electron chi connectivity index (χ3n) is 4.72. The van der Waals surface area contributed by atoms with Gasteiger partial charge in [-0.15, -0.1) is 11.8 Å². The fourth-order valence-electron chi connectivity index (χ4n) is 3.19. The van der Waals surface area contributed by atoms with E-state index in [0.717, 1.165) is 10.5 Å². The molecule has 0 aromatic heterocycles. The highest BCUT2D eigenvalue weighted by Crippen LogP contribution is 2.32. The summed E-state index contributed by atoms with van der Waals surface area (Å²) in [5, 5.41) is 11.7. The first-order valence-corrected chi connectivity index (χ1v) is 10.1. The van der Waals surface area contributed by atoms with Crippen LogP contribution in [0.1, 0.15) is 15.9 Å². The van der Waals surface area contributed by atoms with E-state index in [1.807, 2.05) is 41.2 Å². The van der Waals surface area contributed by atoms with Crippen molar-refractivity contribution in [3.63, 3.8) is 0 Å². The van der Waals surface area contributed by atoms with Gasteiger partial charge in [0.05, 0.1) is 4.92 Å². The minimum atomic E-state index is -0.421. The van der Waals surface area contributed by atoms with Gasteiger partial charge in [0.15, 0.2) is 0 Å². The number of nitrogens with zero attached hydrogens (tertiary/aromatic N) is 3. The molecule has 0 saturated carbocycles. The molecule has 142 valence electrons. The van der Waals surface area contributed by atoms with Crippen LogP contribution >= 0.6 is 23.4 Å². The van der Waals surface area contributed by atoms with Crippen molar-refractivity contribution in [2.45, 2.75) is 11.8 Å². The number of rotatable bonds is 4. The number of aryl methyl sites for hydroxylation is 1. The lowest BCUT2D eigenvalue weighted by Crippen LogP contribution is -2.49. The standard InChI is InChI=1S/C19H20ClN3O3S/c1-13-3-5-15(27-2)12-16(13)19(24)22-9-7-21(8-10-22)17-6-4-14(20)11-18(17)23(25)26/h3-6,11-12H,7-10H2,1-2H3. The Bertz CT molecular complexity index is 882. The molecule has 0 spiro atoms. The summed E-state index contributed by atoms with van der Waals surface area (Å²) in [7, 11) is 0. The summed E-state index contributed by atoms with van der Waals surface area (Å²) in [6.07, 6.45) is 1.98. The lowest BCUT2D eigenvalue weighted by atomic mass is 10.1. The van der Waals surface area contributed by atoms with E-state index in [0.29, 0.717) is 42.5 Å². The van der Waals surface area contributed by atoms with E-state index >= 15 is 0 Å². The molecule has 3 rings (SSSR count). The highest BCUT2D eigenvalue weighted by Gasteiger charge is 2.27. The second-order valence-corrected chi connectivity index (χ2v) is 7.67. The molecule has 1 aliphatic heterocycles. The smallest absolute Gasteiger partial charge is 0.294 e. The van der Waals surface area contributed by atoms with Crippen molar-refractivity contribution in [1.29, 1.82) is 0 Å². The molecule has 0 atom stereocenters. The minimum absolute atomic E-state index is 0.00801. The first-order chi connectivity index (χ1) is 12.9. The largest absolute Gasteiger partial charge is 0.362 e. The molecule has 0 bridgehead atoms. The van der Waals surface area contributed by atoms with Crippen LogP contribution in [0.5, 0.6) is 0 Å². The van der Waals surface area contributed by atoms with E-state index in [4.69, 9.17) is 11.6 Å². The zero-order valence-corrected chi connectivity index (χ0v) is 16.7. The Morgan fingerprint density at radius 3 is 2.48 bits per heavy atom. The number of thioether (sulfide) groups is 1. The zero-order chi connectivity index (χ0) is 19.6. The maximum Gasteiger partial charge on any atom is 0.294 e. The van der Waals surface area contributed by atoms with Crippen LogP contribution in [-0.4, -0.2) is 48.2 Å². The van der Waals surface area contributed by atoms with Crippen LogP contribution in [0.2, 0.25) is 5.02 Å². The van der Waals surface area contributed by atoms with E-state index < -0.39 is 4.92 Å². The summed E-state index contributed by atoms with van der Waals surface area (Å²) >= 11 is 7.50. The van der Waals surface area contributed by atoms with E-state index in [-0.39, 0.29) is 11.6 Å². The topological polar surface area (TPSA) is 66.7 Å². The Labute approximate surface area is 167 Å². The van der Waals surface area contributed by atoms with Crippen molar-refractivity contribution in [3.05, 3.63) is 62.7 Å². The summed E-state index contributed by atoms with van der Waals surface area (Å²) < 4.78 is 0. The fourth-order valence-corrected chi connectivity index (χ4v) is 3.80. The molecule has 1 saturated heterocycles. The average Bonchev–Trinajstić information content (AvgIpc) is 2.68. The summed E-state index contributed by atoms with van der Waals surface area (Å²) in [6, 6.07) is 10.6. The molecule has 1 aliphatic rings. The van der Waals surface area contributed by atoms with Crippen LogP contribution in [0.4, 0.5) is 11.4 Å². The second-order valence-electron chi connectivity index (χ2n) is 6.35. The molecule has 27 heavy (non-hydrogen) atoms. The molecule has 8 heteroatoms. The fraction of sp³-hybridized carbons (Fsp3) is 0.316. The van der Waals surface area contributed by atoms with Crippen LogP contribution in [0.25, 0.3) is 0 Å². The minimum Gasteiger partial charge on any atom is -0.362 e. The molecule has 1 heterocycles. The van der Waals surface area contributed by atoms with Gasteiger partial charge in [-0.3, -0.25) is 14.9 Å². The molecule has 1 amide bonds. The van der Waals surface area contributed by atoms with Crippen molar-refractivity contribution in [2.75, 3.05) is 37.3 Å². The van der Waals surface area contributed by atoms with Crippen LogP contribution < -0.4 is 4.90 Å². The van der Waals surface area contributed by atoms with Gasteiger partial charge in [-0.25, -0.2) is 0 Å². The molecule has 0 radical (unpaired) electrons. The number of carbonyl (C=O) groups is 1. The van der Waals surface area contributed by atoms with Gasteiger partial charge < -0.3 is 9.80 Å². The molecule has 6 nitrogen and oxygen atoms in total. The third-order valence-corrected chi connectivity index (χ3v) is 5.68. The first kappa shape index (κ1) is 19.5. The summed E-state index contributed by atoms with van der Waals surface area (Å²) in [6.45, 7) is 4.04. The Kier molecular flexibility index (Phi) is 5.92. The van der Waals surface area contributed by atoms with E-state index in [2.05, 4.69) is 0 Å². The van der Waals surface area contributed by atoms with Crippen LogP contribution in [0.3, 0.4) is 0 Å². The zero-order valence-electron chi connectivity index (χ0n) is 15.1. The summed E-state index contributed by atoms with van der Waals surface area (Å²) in [4.78, 5) is 28.6.